The number of ether oxygens (including phenoxy) is 1. The highest BCUT2D eigenvalue weighted by molar-refractivity contribution is 6.39. The minimum atomic E-state index is -1.40. The van der Waals surface area contributed by atoms with Crippen molar-refractivity contribution in [2.45, 2.75) is 6.92 Å². The van der Waals surface area contributed by atoms with Gasteiger partial charge in [-0.25, -0.2) is 5.43 Å². The van der Waals surface area contributed by atoms with Crippen LogP contribution in [0, 0.1) is 6.92 Å². The maximum atomic E-state index is 11.8. The first-order valence-electron chi connectivity index (χ1n) is 7.51. The lowest BCUT2D eigenvalue weighted by Gasteiger charge is -2.09. The number of carboxylic acid groups (broad SMARTS) is 1. The second-order valence-electron chi connectivity index (χ2n) is 5.27. The lowest BCUT2D eigenvalue weighted by atomic mass is 10.1. The lowest BCUT2D eigenvalue weighted by Crippen LogP contribution is -2.32. The molecule has 0 atom stereocenters. The molecule has 134 valence electrons. The van der Waals surface area contributed by atoms with Gasteiger partial charge in [0, 0.05) is 11.3 Å². The maximum Gasteiger partial charge on any atom is 0.329 e. The molecule has 0 radical (unpaired) electrons. The van der Waals surface area contributed by atoms with Crippen molar-refractivity contribution < 1.29 is 24.2 Å². The maximum absolute atomic E-state index is 11.8. The second kappa shape index (κ2) is 8.43. The molecule has 0 aliphatic heterocycles. The van der Waals surface area contributed by atoms with Crippen LogP contribution in [0.25, 0.3) is 0 Å². The highest BCUT2D eigenvalue weighted by atomic mass is 16.5. The quantitative estimate of drug-likeness (QED) is 0.459. The first-order chi connectivity index (χ1) is 12.4. The van der Waals surface area contributed by atoms with Crippen LogP contribution in [0.1, 0.15) is 21.5 Å². The predicted octanol–water partition coefficient (Wildman–Crippen LogP) is 0.456. The molecule has 0 aromatic heterocycles. The van der Waals surface area contributed by atoms with E-state index in [9.17, 15) is 19.5 Å². The fourth-order valence-electron chi connectivity index (χ4n) is 2.09. The Hall–Kier alpha value is -3.68. The lowest BCUT2D eigenvalue weighted by molar-refractivity contribution is -0.255. The van der Waals surface area contributed by atoms with Gasteiger partial charge in [-0.15, -0.1) is 0 Å². The van der Waals surface area contributed by atoms with Gasteiger partial charge in [-0.3, -0.25) is 9.59 Å². The van der Waals surface area contributed by atoms with Gasteiger partial charge in [-0.2, -0.15) is 5.10 Å². The Bertz CT molecular complexity index is 877. The Labute approximate surface area is 149 Å². The molecule has 26 heavy (non-hydrogen) atoms. The number of aromatic carboxylic acids is 1. The smallest absolute Gasteiger partial charge is 0.329 e. The van der Waals surface area contributed by atoms with Crippen molar-refractivity contribution in [2.24, 2.45) is 5.10 Å². The van der Waals surface area contributed by atoms with Crippen molar-refractivity contribution in [3.05, 3.63) is 59.2 Å². The molecule has 0 bridgehead atoms. The van der Waals surface area contributed by atoms with Crippen LogP contribution in [0.3, 0.4) is 0 Å². The molecule has 2 aromatic rings. The van der Waals surface area contributed by atoms with Crippen molar-refractivity contribution in [1.82, 2.24) is 5.43 Å². The number of carbonyl (C=O) groups excluding carboxylic acids is 3. The third-order valence-electron chi connectivity index (χ3n) is 3.31. The molecular weight excluding hydrogens is 338 g/mol. The largest absolute Gasteiger partial charge is 0.545 e. The molecular formula is C18H16N3O5-. The predicted molar refractivity (Wildman–Crippen MR) is 92.9 cm³/mol. The van der Waals surface area contributed by atoms with Crippen LogP contribution in [0.15, 0.2) is 47.6 Å². The molecule has 2 rings (SSSR count). The van der Waals surface area contributed by atoms with E-state index in [2.05, 4.69) is 15.8 Å². The van der Waals surface area contributed by atoms with E-state index in [4.69, 9.17) is 4.74 Å². The van der Waals surface area contributed by atoms with Crippen LogP contribution >= 0.6 is 0 Å². The van der Waals surface area contributed by atoms with Gasteiger partial charge in [0.2, 0.25) is 0 Å². The molecule has 2 amide bonds. The van der Waals surface area contributed by atoms with Crippen LogP contribution < -0.4 is 20.6 Å². The number of methoxy groups -OCH3 is 1. The first-order valence-corrected chi connectivity index (χ1v) is 7.51. The molecule has 8 nitrogen and oxygen atoms in total. The monoisotopic (exact) mass is 354 g/mol. The molecule has 2 aromatic carbocycles. The summed E-state index contributed by atoms with van der Waals surface area (Å²) in [6.07, 6.45) is 1.20. The standard InChI is InChI=1S/C18H17N3O5/c1-11-4-3-5-13(8-11)20-16(22)17(23)21-19-10-12-6-7-15(26-2)14(9-12)18(24)25/h3-10H,1-2H3,(H,20,22)(H,21,23)(H,24,25)/p-1/b19-10-. The third-order valence-corrected chi connectivity index (χ3v) is 3.31. The van der Waals surface area contributed by atoms with E-state index in [1.165, 1.54) is 31.5 Å². The van der Waals surface area contributed by atoms with Crippen molar-refractivity contribution in [3.8, 4) is 5.75 Å². The Morgan fingerprint density at radius 3 is 2.54 bits per heavy atom. The summed E-state index contributed by atoms with van der Waals surface area (Å²) in [5, 5.41) is 17.1. The number of rotatable bonds is 5. The minimum absolute atomic E-state index is 0.142. The number of amides is 2. The van der Waals surface area contributed by atoms with E-state index in [-0.39, 0.29) is 11.3 Å². The van der Waals surface area contributed by atoms with Gasteiger partial charge in [-0.05, 0) is 48.4 Å². The highest BCUT2D eigenvalue weighted by Crippen LogP contribution is 2.18. The zero-order valence-electron chi connectivity index (χ0n) is 14.1. The second-order valence-corrected chi connectivity index (χ2v) is 5.27. The summed E-state index contributed by atoms with van der Waals surface area (Å²) in [6.45, 7) is 1.86. The van der Waals surface area contributed by atoms with Crippen LogP contribution in [0.4, 0.5) is 5.69 Å². The number of carboxylic acids is 1. The fraction of sp³-hybridized carbons (Fsp3) is 0.111. The summed E-state index contributed by atoms with van der Waals surface area (Å²) in [4.78, 5) is 34.6. The van der Waals surface area contributed by atoms with E-state index in [1.54, 1.807) is 18.2 Å². The van der Waals surface area contributed by atoms with Gasteiger partial charge in [0.25, 0.3) is 0 Å². The molecule has 0 spiro atoms. The van der Waals surface area contributed by atoms with Crippen molar-refractivity contribution in [1.29, 1.82) is 0 Å². The Morgan fingerprint density at radius 1 is 1.12 bits per heavy atom. The third kappa shape index (κ3) is 4.91. The van der Waals surface area contributed by atoms with E-state index >= 15 is 0 Å². The molecule has 0 saturated heterocycles. The molecule has 0 fully saturated rings. The summed E-state index contributed by atoms with van der Waals surface area (Å²) < 4.78 is 4.91. The molecule has 0 saturated carbocycles. The topological polar surface area (TPSA) is 120 Å². The number of hydrogen-bond acceptors (Lipinski definition) is 6. The zero-order valence-corrected chi connectivity index (χ0v) is 14.1. The molecule has 0 unspecified atom stereocenters. The van der Waals surface area contributed by atoms with Gasteiger partial charge in [0.15, 0.2) is 0 Å². The normalized spacial score (nSPS) is 10.4. The van der Waals surface area contributed by atoms with E-state index in [0.29, 0.717) is 11.3 Å². The molecule has 0 heterocycles. The van der Waals surface area contributed by atoms with Gasteiger partial charge in [0.1, 0.15) is 5.75 Å². The summed E-state index contributed by atoms with van der Waals surface area (Å²) >= 11 is 0. The van der Waals surface area contributed by atoms with E-state index < -0.39 is 17.8 Å². The number of hydrazone groups is 1. The number of nitrogens with one attached hydrogen (secondary N) is 2. The number of nitrogens with zero attached hydrogens (tertiary/aromatic N) is 1. The summed E-state index contributed by atoms with van der Waals surface area (Å²) in [5.74, 6) is -3.10. The number of aryl methyl sites for hydroxylation is 1. The van der Waals surface area contributed by atoms with Crippen molar-refractivity contribution in [3.63, 3.8) is 0 Å². The summed E-state index contributed by atoms with van der Waals surface area (Å²) in [7, 11) is 1.34. The van der Waals surface area contributed by atoms with Crippen molar-refractivity contribution >= 4 is 29.7 Å². The van der Waals surface area contributed by atoms with Gasteiger partial charge >= 0.3 is 11.8 Å². The Kier molecular flexibility index (Phi) is 6.05. The van der Waals surface area contributed by atoms with Crippen LogP contribution in [0.2, 0.25) is 0 Å². The van der Waals surface area contributed by atoms with Crippen molar-refractivity contribution in [2.75, 3.05) is 12.4 Å². The minimum Gasteiger partial charge on any atom is -0.545 e. The Morgan fingerprint density at radius 2 is 1.88 bits per heavy atom. The highest BCUT2D eigenvalue weighted by Gasteiger charge is 2.12. The summed E-state index contributed by atoms with van der Waals surface area (Å²) in [6, 6.07) is 11.2. The van der Waals surface area contributed by atoms with E-state index in [0.717, 1.165) is 5.56 Å². The van der Waals surface area contributed by atoms with E-state index in [1.807, 2.05) is 13.0 Å². The molecule has 8 heteroatoms. The average Bonchev–Trinajstić information content (AvgIpc) is 2.61. The number of hydrogen-bond donors (Lipinski definition) is 2. The number of anilines is 1. The van der Waals surface area contributed by atoms with Gasteiger partial charge < -0.3 is 20.0 Å². The SMILES string of the molecule is COc1ccc(/C=N\NC(=O)C(=O)Nc2cccc(C)c2)cc1C(=O)[O-]. The Balaban J connectivity index is 1.99. The molecule has 0 aliphatic carbocycles. The fourth-order valence-corrected chi connectivity index (χ4v) is 2.09. The van der Waals surface area contributed by atoms with Crippen LogP contribution in [-0.2, 0) is 9.59 Å². The summed E-state index contributed by atoms with van der Waals surface area (Å²) in [5.41, 5.74) is 3.72. The van der Waals surface area contributed by atoms with Gasteiger partial charge in [0.05, 0.1) is 19.3 Å². The van der Waals surface area contributed by atoms with Crippen LogP contribution in [-0.4, -0.2) is 31.1 Å². The molecule has 0 aliphatic rings. The molecule has 2 N–H and O–H groups in total. The number of benzene rings is 2. The van der Waals surface area contributed by atoms with Crippen LogP contribution in [0.5, 0.6) is 5.75 Å². The van der Waals surface area contributed by atoms with Gasteiger partial charge in [-0.1, -0.05) is 12.1 Å². The zero-order chi connectivity index (χ0) is 19.1. The first kappa shape index (κ1) is 18.7. The number of carbonyl (C=O) groups is 3. The average molecular weight is 354 g/mol.